The van der Waals surface area contributed by atoms with Gasteiger partial charge in [0.25, 0.3) is 0 Å². The molecule has 0 aromatic carbocycles. The van der Waals surface area contributed by atoms with Crippen LogP contribution >= 0.6 is 0 Å². The highest BCUT2D eigenvalue weighted by Gasteiger charge is 2.42. The van der Waals surface area contributed by atoms with Crippen LogP contribution in [0.1, 0.15) is 59.3 Å². The monoisotopic (exact) mass is 266 g/mol. The van der Waals surface area contributed by atoms with Crippen LogP contribution in [0.15, 0.2) is 0 Å². The normalized spacial score (nSPS) is 34.5. The highest BCUT2D eigenvalue weighted by Crippen LogP contribution is 2.39. The summed E-state index contributed by atoms with van der Waals surface area (Å²) >= 11 is 0. The van der Waals surface area contributed by atoms with E-state index in [1.165, 1.54) is 25.7 Å². The van der Waals surface area contributed by atoms with E-state index < -0.39 is 0 Å². The minimum Gasteiger partial charge on any atom is -0.342 e. The van der Waals surface area contributed by atoms with Crippen molar-refractivity contribution in [3.05, 3.63) is 0 Å². The Morgan fingerprint density at radius 3 is 2.53 bits per heavy atom. The summed E-state index contributed by atoms with van der Waals surface area (Å²) in [7, 11) is 0. The number of amides is 1. The van der Waals surface area contributed by atoms with Crippen molar-refractivity contribution < 1.29 is 4.79 Å². The quantitative estimate of drug-likeness (QED) is 0.854. The second-order valence-corrected chi connectivity index (χ2v) is 6.81. The zero-order chi connectivity index (χ0) is 14.0. The molecule has 1 saturated heterocycles. The Kier molecular flexibility index (Phi) is 4.54. The van der Waals surface area contributed by atoms with E-state index in [2.05, 4.69) is 25.7 Å². The van der Waals surface area contributed by atoms with E-state index in [0.717, 1.165) is 25.9 Å². The van der Waals surface area contributed by atoms with Gasteiger partial charge >= 0.3 is 0 Å². The molecule has 1 aliphatic heterocycles. The Labute approximate surface area is 117 Å². The number of rotatable bonds is 3. The maximum absolute atomic E-state index is 12.8. The molecular weight excluding hydrogens is 236 g/mol. The third kappa shape index (κ3) is 2.81. The third-order valence-corrected chi connectivity index (χ3v) is 5.81. The Hall–Kier alpha value is -0.570. The SMILES string of the molecule is CCC1(CC)CCN(C(=O)C2C(C)CCCC2N)C1. The summed E-state index contributed by atoms with van der Waals surface area (Å²) in [6.07, 6.45) is 6.88. The van der Waals surface area contributed by atoms with Crippen LogP contribution in [0.5, 0.6) is 0 Å². The number of hydrogen-bond donors (Lipinski definition) is 1. The maximum atomic E-state index is 12.8. The van der Waals surface area contributed by atoms with Gasteiger partial charge in [-0.05, 0) is 43.4 Å². The smallest absolute Gasteiger partial charge is 0.227 e. The Bertz CT molecular complexity index is 315. The molecule has 3 heteroatoms. The zero-order valence-corrected chi connectivity index (χ0v) is 12.8. The average Bonchev–Trinajstić information content (AvgIpc) is 2.83. The number of likely N-dealkylation sites (tertiary alicyclic amines) is 1. The fraction of sp³-hybridized carbons (Fsp3) is 0.938. The first kappa shape index (κ1) is 14.8. The molecule has 3 nitrogen and oxygen atoms in total. The van der Waals surface area contributed by atoms with Crippen LogP contribution in [0.4, 0.5) is 0 Å². The van der Waals surface area contributed by atoms with Crippen LogP contribution in [0.2, 0.25) is 0 Å². The van der Waals surface area contributed by atoms with Gasteiger partial charge in [-0.2, -0.15) is 0 Å². The Morgan fingerprint density at radius 1 is 1.32 bits per heavy atom. The summed E-state index contributed by atoms with van der Waals surface area (Å²) in [4.78, 5) is 14.9. The molecule has 2 fully saturated rings. The van der Waals surface area contributed by atoms with Gasteiger partial charge in [-0.1, -0.05) is 27.2 Å². The molecule has 0 radical (unpaired) electrons. The maximum Gasteiger partial charge on any atom is 0.227 e. The van der Waals surface area contributed by atoms with Crippen LogP contribution in [-0.4, -0.2) is 29.9 Å². The van der Waals surface area contributed by atoms with Crippen molar-refractivity contribution in [1.29, 1.82) is 0 Å². The minimum atomic E-state index is 0.0678. The molecule has 1 aliphatic carbocycles. The van der Waals surface area contributed by atoms with Crippen LogP contribution in [0.25, 0.3) is 0 Å². The molecule has 0 aromatic heterocycles. The first-order valence-corrected chi connectivity index (χ1v) is 8.07. The number of nitrogens with two attached hydrogens (primary N) is 1. The lowest BCUT2D eigenvalue weighted by molar-refractivity contribution is -0.138. The van der Waals surface area contributed by atoms with Gasteiger partial charge in [-0.25, -0.2) is 0 Å². The van der Waals surface area contributed by atoms with E-state index in [-0.39, 0.29) is 12.0 Å². The Balaban J connectivity index is 2.04. The molecule has 2 aliphatic rings. The third-order valence-electron chi connectivity index (χ3n) is 5.81. The molecule has 3 atom stereocenters. The molecule has 2 rings (SSSR count). The predicted molar refractivity (Wildman–Crippen MR) is 78.7 cm³/mol. The van der Waals surface area contributed by atoms with E-state index in [4.69, 9.17) is 5.73 Å². The van der Waals surface area contributed by atoms with E-state index in [9.17, 15) is 4.79 Å². The molecule has 1 amide bonds. The summed E-state index contributed by atoms with van der Waals surface area (Å²) in [6.45, 7) is 8.61. The summed E-state index contributed by atoms with van der Waals surface area (Å²) in [6, 6.07) is 0.0782. The highest BCUT2D eigenvalue weighted by atomic mass is 16.2. The molecule has 0 spiro atoms. The van der Waals surface area contributed by atoms with E-state index >= 15 is 0 Å². The number of nitrogens with zero attached hydrogens (tertiary/aromatic N) is 1. The summed E-state index contributed by atoms with van der Waals surface area (Å²) in [5, 5.41) is 0. The molecule has 3 unspecified atom stereocenters. The van der Waals surface area contributed by atoms with E-state index in [1.54, 1.807) is 0 Å². The van der Waals surface area contributed by atoms with E-state index in [1.807, 2.05) is 0 Å². The first-order chi connectivity index (χ1) is 9.03. The fourth-order valence-corrected chi connectivity index (χ4v) is 4.04. The van der Waals surface area contributed by atoms with Gasteiger partial charge in [0.05, 0.1) is 5.92 Å². The van der Waals surface area contributed by atoms with Crippen molar-refractivity contribution in [2.24, 2.45) is 23.0 Å². The summed E-state index contributed by atoms with van der Waals surface area (Å²) < 4.78 is 0. The lowest BCUT2D eigenvalue weighted by Gasteiger charge is -2.36. The fourth-order valence-electron chi connectivity index (χ4n) is 4.04. The lowest BCUT2D eigenvalue weighted by atomic mass is 9.76. The molecule has 0 bridgehead atoms. The van der Waals surface area contributed by atoms with Crippen LogP contribution in [0, 0.1) is 17.3 Å². The van der Waals surface area contributed by atoms with Gasteiger partial charge in [-0.3, -0.25) is 4.79 Å². The highest BCUT2D eigenvalue weighted by molar-refractivity contribution is 5.80. The van der Waals surface area contributed by atoms with Crippen molar-refractivity contribution in [1.82, 2.24) is 4.90 Å². The number of carbonyl (C=O) groups is 1. The summed E-state index contributed by atoms with van der Waals surface area (Å²) in [5.74, 6) is 0.858. The van der Waals surface area contributed by atoms with Crippen molar-refractivity contribution in [3.63, 3.8) is 0 Å². The van der Waals surface area contributed by atoms with Gasteiger partial charge in [-0.15, -0.1) is 0 Å². The van der Waals surface area contributed by atoms with Crippen molar-refractivity contribution in [3.8, 4) is 0 Å². The van der Waals surface area contributed by atoms with Gasteiger partial charge in [0.15, 0.2) is 0 Å². The topological polar surface area (TPSA) is 46.3 Å². The minimum absolute atomic E-state index is 0.0678. The average molecular weight is 266 g/mol. The largest absolute Gasteiger partial charge is 0.342 e. The molecule has 110 valence electrons. The predicted octanol–water partition coefficient (Wildman–Crippen LogP) is 2.79. The number of carbonyl (C=O) groups excluding carboxylic acids is 1. The molecule has 19 heavy (non-hydrogen) atoms. The van der Waals surface area contributed by atoms with Gasteiger partial charge in [0.1, 0.15) is 0 Å². The van der Waals surface area contributed by atoms with Crippen molar-refractivity contribution in [2.45, 2.75) is 65.3 Å². The van der Waals surface area contributed by atoms with Crippen molar-refractivity contribution in [2.75, 3.05) is 13.1 Å². The van der Waals surface area contributed by atoms with E-state index in [0.29, 0.717) is 17.2 Å². The van der Waals surface area contributed by atoms with Gasteiger partial charge in [0, 0.05) is 19.1 Å². The molecule has 1 heterocycles. The Morgan fingerprint density at radius 2 is 2.00 bits per heavy atom. The molecule has 0 aromatic rings. The molecule has 1 saturated carbocycles. The van der Waals surface area contributed by atoms with Crippen molar-refractivity contribution >= 4 is 5.91 Å². The standard InChI is InChI=1S/C16H30N2O/c1-4-16(5-2)9-10-18(11-16)15(19)14-12(3)7-6-8-13(14)17/h12-14H,4-11,17H2,1-3H3. The van der Waals surface area contributed by atoms with Crippen LogP contribution in [-0.2, 0) is 4.79 Å². The van der Waals surface area contributed by atoms with Crippen LogP contribution in [0.3, 0.4) is 0 Å². The lowest BCUT2D eigenvalue weighted by Crippen LogP contribution is -2.48. The second kappa shape index (κ2) is 5.82. The first-order valence-electron chi connectivity index (χ1n) is 8.07. The zero-order valence-electron chi connectivity index (χ0n) is 12.8. The molecular formula is C16H30N2O. The van der Waals surface area contributed by atoms with Gasteiger partial charge in [0.2, 0.25) is 5.91 Å². The van der Waals surface area contributed by atoms with Gasteiger partial charge < -0.3 is 10.6 Å². The second-order valence-electron chi connectivity index (χ2n) is 6.81. The number of hydrogen-bond acceptors (Lipinski definition) is 2. The summed E-state index contributed by atoms with van der Waals surface area (Å²) in [5.41, 5.74) is 6.60. The van der Waals surface area contributed by atoms with Crippen LogP contribution < -0.4 is 5.73 Å². The molecule has 2 N–H and O–H groups in total.